The highest BCUT2D eigenvalue weighted by atomic mass is 14.7. The van der Waals surface area contributed by atoms with Gasteiger partial charge >= 0.3 is 0 Å². The third-order valence-corrected chi connectivity index (χ3v) is 3.79. The Morgan fingerprint density at radius 2 is 1.47 bits per heavy atom. The summed E-state index contributed by atoms with van der Waals surface area (Å²) in [7, 11) is 0. The summed E-state index contributed by atoms with van der Waals surface area (Å²) in [4.78, 5) is 0. The minimum Gasteiger partial charge on any atom is -0.397 e. The molecule has 0 bridgehead atoms. The van der Waals surface area contributed by atoms with Crippen molar-refractivity contribution >= 4 is 11.4 Å². The molecule has 0 spiro atoms. The molecule has 17 heavy (non-hydrogen) atoms. The largest absolute Gasteiger partial charge is 0.397 e. The first-order valence-electron chi connectivity index (χ1n) is 5.81. The molecule has 0 unspecified atom stereocenters. The van der Waals surface area contributed by atoms with Gasteiger partial charge in [0.15, 0.2) is 0 Å². The lowest BCUT2D eigenvalue weighted by Crippen LogP contribution is -2.15. The van der Waals surface area contributed by atoms with Gasteiger partial charge < -0.3 is 11.5 Å². The quantitative estimate of drug-likeness (QED) is 0.675. The molecule has 0 fully saturated rings. The Balaban J connectivity index is 2.40. The Morgan fingerprint density at radius 3 is 2.24 bits per heavy atom. The fourth-order valence-corrected chi connectivity index (χ4v) is 2.78. The molecule has 1 aliphatic carbocycles. The second-order valence-electron chi connectivity index (χ2n) is 5.20. The molecular formula is C15H16N2. The molecule has 2 aromatic rings. The van der Waals surface area contributed by atoms with E-state index in [4.69, 9.17) is 11.5 Å². The second-order valence-corrected chi connectivity index (χ2v) is 5.20. The number of rotatable bonds is 0. The van der Waals surface area contributed by atoms with Crippen molar-refractivity contribution in [2.24, 2.45) is 0 Å². The fourth-order valence-electron chi connectivity index (χ4n) is 2.78. The maximum absolute atomic E-state index is 5.92. The van der Waals surface area contributed by atoms with Crippen LogP contribution < -0.4 is 11.5 Å². The number of nitrogen functional groups attached to an aromatic ring is 2. The van der Waals surface area contributed by atoms with E-state index in [0.29, 0.717) is 11.4 Å². The predicted molar refractivity (Wildman–Crippen MR) is 72.8 cm³/mol. The molecule has 3 rings (SSSR count). The molecule has 0 heterocycles. The minimum absolute atomic E-state index is 0.00769. The van der Waals surface area contributed by atoms with Crippen molar-refractivity contribution in [1.29, 1.82) is 0 Å². The summed E-state index contributed by atoms with van der Waals surface area (Å²) in [6, 6.07) is 12.5. The van der Waals surface area contributed by atoms with E-state index in [1.165, 1.54) is 22.3 Å². The maximum atomic E-state index is 5.92. The molecule has 2 heteroatoms. The number of hydrogen-bond acceptors (Lipinski definition) is 2. The molecule has 1 aliphatic rings. The van der Waals surface area contributed by atoms with Crippen molar-refractivity contribution in [2.45, 2.75) is 19.3 Å². The summed E-state index contributed by atoms with van der Waals surface area (Å²) in [6.07, 6.45) is 0. The zero-order chi connectivity index (χ0) is 12.2. The van der Waals surface area contributed by atoms with Crippen LogP contribution in [0.5, 0.6) is 0 Å². The first-order valence-corrected chi connectivity index (χ1v) is 5.81. The minimum atomic E-state index is 0.00769. The molecule has 4 N–H and O–H groups in total. The summed E-state index contributed by atoms with van der Waals surface area (Å²) in [5.41, 5.74) is 18.3. The SMILES string of the molecule is CC1(C)c2ccccc2-c2cc(N)c(N)cc21. The molecule has 0 aromatic heterocycles. The molecule has 0 saturated heterocycles. The Kier molecular flexibility index (Phi) is 1.82. The number of nitrogens with two attached hydrogens (primary N) is 2. The lowest BCUT2D eigenvalue weighted by atomic mass is 9.82. The van der Waals surface area contributed by atoms with E-state index in [1.807, 2.05) is 12.1 Å². The Morgan fingerprint density at radius 1 is 0.824 bits per heavy atom. The number of anilines is 2. The van der Waals surface area contributed by atoms with Crippen molar-refractivity contribution < 1.29 is 0 Å². The Labute approximate surface area is 101 Å². The highest BCUT2D eigenvalue weighted by Crippen LogP contribution is 2.49. The van der Waals surface area contributed by atoms with E-state index in [0.717, 1.165) is 0 Å². The zero-order valence-electron chi connectivity index (χ0n) is 10.1. The Bertz CT molecular complexity index is 612. The van der Waals surface area contributed by atoms with E-state index in [-0.39, 0.29) is 5.41 Å². The van der Waals surface area contributed by atoms with E-state index < -0.39 is 0 Å². The van der Waals surface area contributed by atoms with Crippen molar-refractivity contribution in [3.63, 3.8) is 0 Å². The van der Waals surface area contributed by atoms with Gasteiger partial charge in [-0.05, 0) is 34.4 Å². The van der Waals surface area contributed by atoms with Crippen LogP contribution in [0.4, 0.5) is 11.4 Å². The molecule has 2 nitrogen and oxygen atoms in total. The van der Waals surface area contributed by atoms with Gasteiger partial charge in [-0.15, -0.1) is 0 Å². The number of hydrogen-bond donors (Lipinski definition) is 2. The molecule has 0 radical (unpaired) electrons. The highest BCUT2D eigenvalue weighted by Gasteiger charge is 2.35. The maximum Gasteiger partial charge on any atom is 0.0554 e. The topological polar surface area (TPSA) is 52.0 Å². The van der Waals surface area contributed by atoms with Crippen molar-refractivity contribution in [3.05, 3.63) is 47.5 Å². The van der Waals surface area contributed by atoms with Gasteiger partial charge in [0.05, 0.1) is 11.4 Å². The van der Waals surface area contributed by atoms with E-state index >= 15 is 0 Å². The summed E-state index contributed by atoms with van der Waals surface area (Å²) in [5.74, 6) is 0. The van der Waals surface area contributed by atoms with Gasteiger partial charge in [-0.1, -0.05) is 38.1 Å². The van der Waals surface area contributed by atoms with Crippen LogP contribution in [-0.4, -0.2) is 0 Å². The molecule has 0 aliphatic heterocycles. The molecule has 0 atom stereocenters. The molecule has 2 aromatic carbocycles. The average Bonchev–Trinajstić information content (AvgIpc) is 2.51. The van der Waals surface area contributed by atoms with Crippen LogP contribution in [0.15, 0.2) is 36.4 Å². The highest BCUT2D eigenvalue weighted by molar-refractivity contribution is 5.86. The van der Waals surface area contributed by atoms with Crippen molar-refractivity contribution in [2.75, 3.05) is 11.5 Å². The van der Waals surface area contributed by atoms with Crippen LogP contribution >= 0.6 is 0 Å². The van der Waals surface area contributed by atoms with Gasteiger partial charge in [0, 0.05) is 5.41 Å². The number of fused-ring (bicyclic) bond motifs is 3. The fraction of sp³-hybridized carbons (Fsp3) is 0.200. The smallest absolute Gasteiger partial charge is 0.0554 e. The van der Waals surface area contributed by atoms with Gasteiger partial charge in [-0.25, -0.2) is 0 Å². The molecular weight excluding hydrogens is 208 g/mol. The monoisotopic (exact) mass is 224 g/mol. The number of benzene rings is 2. The third-order valence-electron chi connectivity index (χ3n) is 3.79. The summed E-state index contributed by atoms with van der Waals surface area (Å²) < 4.78 is 0. The van der Waals surface area contributed by atoms with Gasteiger partial charge in [0.1, 0.15) is 0 Å². The van der Waals surface area contributed by atoms with Gasteiger partial charge in [-0.2, -0.15) is 0 Å². The van der Waals surface area contributed by atoms with Crippen LogP contribution in [0.3, 0.4) is 0 Å². The van der Waals surface area contributed by atoms with E-state index in [1.54, 1.807) is 0 Å². The van der Waals surface area contributed by atoms with Gasteiger partial charge in [0.25, 0.3) is 0 Å². The predicted octanol–water partition coefficient (Wildman–Crippen LogP) is 3.16. The van der Waals surface area contributed by atoms with Gasteiger partial charge in [-0.3, -0.25) is 0 Å². The molecule has 0 saturated carbocycles. The lowest BCUT2D eigenvalue weighted by Gasteiger charge is -2.21. The summed E-state index contributed by atoms with van der Waals surface area (Å²) >= 11 is 0. The van der Waals surface area contributed by atoms with Crippen LogP contribution in [0, 0.1) is 0 Å². The molecule has 86 valence electrons. The summed E-state index contributed by atoms with van der Waals surface area (Å²) in [5, 5.41) is 0. The van der Waals surface area contributed by atoms with Gasteiger partial charge in [0.2, 0.25) is 0 Å². The van der Waals surface area contributed by atoms with Crippen molar-refractivity contribution in [1.82, 2.24) is 0 Å². The Hall–Kier alpha value is -1.96. The van der Waals surface area contributed by atoms with Crippen molar-refractivity contribution in [3.8, 4) is 11.1 Å². The standard InChI is InChI=1S/C15H16N2/c1-15(2)11-6-4-3-5-9(11)10-7-13(16)14(17)8-12(10)15/h3-8H,16-17H2,1-2H3. The van der Waals surface area contributed by atoms with Crippen LogP contribution in [0.2, 0.25) is 0 Å². The van der Waals surface area contributed by atoms with E-state index in [2.05, 4.69) is 38.1 Å². The van der Waals surface area contributed by atoms with Crippen LogP contribution in [0.25, 0.3) is 11.1 Å². The molecule has 0 amide bonds. The first-order chi connectivity index (χ1) is 8.01. The first kappa shape index (κ1) is 10.2. The normalized spacial score (nSPS) is 15.4. The van der Waals surface area contributed by atoms with Crippen LogP contribution in [-0.2, 0) is 5.41 Å². The van der Waals surface area contributed by atoms with E-state index in [9.17, 15) is 0 Å². The average molecular weight is 224 g/mol. The third kappa shape index (κ3) is 1.21. The summed E-state index contributed by atoms with van der Waals surface area (Å²) in [6.45, 7) is 4.46. The zero-order valence-corrected chi connectivity index (χ0v) is 10.1. The second kappa shape index (κ2) is 3.04. The van der Waals surface area contributed by atoms with Crippen LogP contribution in [0.1, 0.15) is 25.0 Å². The lowest BCUT2D eigenvalue weighted by molar-refractivity contribution is 0.661.